The van der Waals surface area contributed by atoms with Crippen molar-refractivity contribution in [2.75, 3.05) is 7.11 Å². The highest BCUT2D eigenvalue weighted by molar-refractivity contribution is 7.71. The van der Waals surface area contributed by atoms with Gasteiger partial charge in [-0.2, -0.15) is 0 Å². The minimum absolute atomic E-state index is 0.249. The molecule has 1 aromatic carbocycles. The van der Waals surface area contributed by atoms with Gasteiger partial charge in [0.2, 0.25) is 0 Å². The number of rotatable bonds is 2. The van der Waals surface area contributed by atoms with E-state index in [4.69, 9.17) is 17.0 Å². The molecule has 0 fully saturated rings. The molecule has 1 N–H and O–H groups in total. The Morgan fingerprint density at radius 2 is 2.25 bits per heavy atom. The third-order valence-electron chi connectivity index (χ3n) is 2.12. The van der Waals surface area contributed by atoms with Gasteiger partial charge in [-0.3, -0.25) is 0 Å². The van der Waals surface area contributed by atoms with Crippen LogP contribution < -0.4 is 4.74 Å². The number of aromatic nitrogens is 2. The van der Waals surface area contributed by atoms with Gasteiger partial charge in [-0.05, 0) is 24.4 Å². The zero-order chi connectivity index (χ0) is 11.5. The van der Waals surface area contributed by atoms with E-state index in [9.17, 15) is 4.39 Å². The van der Waals surface area contributed by atoms with Crippen LogP contribution in [0.5, 0.6) is 5.75 Å². The van der Waals surface area contributed by atoms with Gasteiger partial charge in [0.1, 0.15) is 5.75 Å². The van der Waals surface area contributed by atoms with Crippen molar-refractivity contribution in [1.82, 2.24) is 9.97 Å². The van der Waals surface area contributed by atoms with Gasteiger partial charge in [0.05, 0.1) is 19.0 Å². The minimum Gasteiger partial charge on any atom is -0.497 e. The summed E-state index contributed by atoms with van der Waals surface area (Å²) >= 11 is 4.86. The molecule has 16 heavy (non-hydrogen) atoms. The molecule has 0 spiro atoms. The maximum absolute atomic E-state index is 13.5. The van der Waals surface area contributed by atoms with Crippen LogP contribution in [-0.2, 0) is 0 Å². The van der Waals surface area contributed by atoms with Gasteiger partial charge in [-0.1, -0.05) is 12.1 Å². The van der Waals surface area contributed by atoms with Crippen LogP contribution in [0.1, 0.15) is 0 Å². The summed E-state index contributed by atoms with van der Waals surface area (Å²) < 4.78 is 18.8. The highest BCUT2D eigenvalue weighted by Gasteiger charge is 2.06. The Labute approximate surface area is 96.9 Å². The lowest BCUT2D eigenvalue weighted by Crippen LogP contribution is -1.92. The zero-order valence-electron chi connectivity index (χ0n) is 8.53. The summed E-state index contributed by atoms with van der Waals surface area (Å²) in [4.78, 5) is 6.38. The SMILES string of the molecule is COc1cccc(-c2[nH]c(=S)ncc2F)c1. The number of aromatic amines is 1. The fourth-order valence-corrected chi connectivity index (χ4v) is 1.52. The van der Waals surface area contributed by atoms with Crippen LogP contribution in [-0.4, -0.2) is 17.1 Å². The van der Waals surface area contributed by atoms with Crippen LogP contribution in [0.15, 0.2) is 30.5 Å². The fraction of sp³-hybridized carbons (Fsp3) is 0.0909. The maximum Gasteiger partial charge on any atom is 0.197 e. The summed E-state index contributed by atoms with van der Waals surface area (Å²) in [6.07, 6.45) is 1.10. The van der Waals surface area contributed by atoms with Gasteiger partial charge >= 0.3 is 0 Å². The maximum atomic E-state index is 13.5. The predicted octanol–water partition coefficient (Wildman–Crippen LogP) is 2.95. The van der Waals surface area contributed by atoms with Gasteiger partial charge in [0, 0.05) is 5.56 Å². The molecule has 2 rings (SSSR count). The molecule has 2 aromatic rings. The average molecular weight is 236 g/mol. The second kappa shape index (κ2) is 4.40. The van der Waals surface area contributed by atoms with E-state index in [0.29, 0.717) is 17.0 Å². The van der Waals surface area contributed by atoms with Crippen molar-refractivity contribution in [2.24, 2.45) is 0 Å². The highest BCUT2D eigenvalue weighted by atomic mass is 32.1. The monoisotopic (exact) mass is 236 g/mol. The second-order valence-electron chi connectivity index (χ2n) is 3.14. The van der Waals surface area contributed by atoms with E-state index in [1.807, 2.05) is 0 Å². The number of ether oxygens (including phenoxy) is 1. The largest absolute Gasteiger partial charge is 0.497 e. The standard InChI is InChI=1S/C11H9FN2OS/c1-15-8-4-2-3-7(5-8)10-9(12)6-13-11(16)14-10/h2-6H,1H3,(H,13,14,16). The second-order valence-corrected chi connectivity index (χ2v) is 3.53. The van der Waals surface area contributed by atoms with Crippen molar-refractivity contribution in [1.29, 1.82) is 0 Å². The van der Waals surface area contributed by atoms with E-state index < -0.39 is 5.82 Å². The summed E-state index contributed by atoms with van der Waals surface area (Å²) in [5.74, 6) is 0.217. The Hall–Kier alpha value is -1.75. The number of hydrogen-bond acceptors (Lipinski definition) is 3. The summed E-state index contributed by atoms with van der Waals surface area (Å²) in [5.41, 5.74) is 0.990. The number of nitrogens with zero attached hydrogens (tertiary/aromatic N) is 1. The van der Waals surface area contributed by atoms with Crippen LogP contribution >= 0.6 is 12.2 Å². The molecule has 5 heteroatoms. The first-order valence-electron chi connectivity index (χ1n) is 4.60. The molecule has 0 bridgehead atoms. The zero-order valence-corrected chi connectivity index (χ0v) is 9.34. The van der Waals surface area contributed by atoms with E-state index in [2.05, 4.69) is 9.97 Å². The first kappa shape index (κ1) is 10.8. The minimum atomic E-state index is -0.443. The van der Waals surface area contributed by atoms with Crippen molar-refractivity contribution >= 4 is 12.2 Å². The summed E-state index contributed by atoms with van der Waals surface area (Å²) in [6, 6.07) is 7.07. The summed E-state index contributed by atoms with van der Waals surface area (Å²) in [7, 11) is 1.56. The quantitative estimate of drug-likeness (QED) is 0.815. The topological polar surface area (TPSA) is 37.9 Å². The van der Waals surface area contributed by atoms with Gasteiger partial charge in [0.15, 0.2) is 10.6 Å². The molecule has 0 unspecified atom stereocenters. The van der Waals surface area contributed by atoms with E-state index >= 15 is 0 Å². The lowest BCUT2D eigenvalue weighted by Gasteiger charge is -2.05. The molecule has 0 aliphatic carbocycles. The first-order chi connectivity index (χ1) is 7.70. The van der Waals surface area contributed by atoms with Gasteiger partial charge in [0.25, 0.3) is 0 Å². The van der Waals surface area contributed by atoms with Gasteiger partial charge in [-0.25, -0.2) is 9.37 Å². The predicted molar refractivity (Wildman–Crippen MR) is 61.4 cm³/mol. The summed E-state index contributed by atoms with van der Waals surface area (Å²) in [5, 5.41) is 0. The molecule has 0 saturated heterocycles. The van der Waals surface area contributed by atoms with Crippen LogP contribution in [0.25, 0.3) is 11.3 Å². The molecule has 3 nitrogen and oxygen atoms in total. The number of halogens is 1. The number of methoxy groups -OCH3 is 1. The number of benzene rings is 1. The number of H-pyrrole nitrogens is 1. The Morgan fingerprint density at radius 1 is 1.44 bits per heavy atom. The van der Waals surface area contributed by atoms with Crippen LogP contribution in [0.3, 0.4) is 0 Å². The van der Waals surface area contributed by atoms with Crippen molar-refractivity contribution < 1.29 is 9.13 Å². The smallest absolute Gasteiger partial charge is 0.197 e. The number of nitrogens with one attached hydrogen (secondary N) is 1. The third-order valence-corrected chi connectivity index (χ3v) is 2.33. The highest BCUT2D eigenvalue weighted by Crippen LogP contribution is 2.23. The molecule has 0 saturated carbocycles. The summed E-state index contributed by atoms with van der Waals surface area (Å²) in [6.45, 7) is 0. The Morgan fingerprint density at radius 3 is 3.00 bits per heavy atom. The average Bonchev–Trinajstić information content (AvgIpc) is 2.32. The molecule has 0 amide bonds. The molecular weight excluding hydrogens is 227 g/mol. The molecule has 1 aromatic heterocycles. The van der Waals surface area contributed by atoms with Gasteiger partial charge < -0.3 is 9.72 Å². The molecule has 82 valence electrons. The van der Waals surface area contributed by atoms with E-state index in [0.717, 1.165) is 6.20 Å². The normalized spacial score (nSPS) is 10.1. The molecule has 1 heterocycles. The number of hydrogen-bond donors (Lipinski definition) is 1. The van der Waals surface area contributed by atoms with E-state index in [1.54, 1.807) is 31.4 Å². The van der Waals surface area contributed by atoms with Crippen LogP contribution in [0.2, 0.25) is 0 Å². The first-order valence-corrected chi connectivity index (χ1v) is 5.01. The van der Waals surface area contributed by atoms with Crippen molar-refractivity contribution in [2.45, 2.75) is 0 Å². The molecule has 0 radical (unpaired) electrons. The third kappa shape index (κ3) is 2.09. The lowest BCUT2D eigenvalue weighted by molar-refractivity contribution is 0.415. The molecule has 0 aliphatic heterocycles. The van der Waals surface area contributed by atoms with Crippen LogP contribution in [0.4, 0.5) is 4.39 Å². The Balaban J connectivity index is 2.57. The van der Waals surface area contributed by atoms with Crippen LogP contribution in [0, 0.1) is 10.6 Å². The van der Waals surface area contributed by atoms with Crippen molar-refractivity contribution in [3.8, 4) is 17.0 Å². The molecular formula is C11H9FN2OS. The van der Waals surface area contributed by atoms with Gasteiger partial charge in [-0.15, -0.1) is 0 Å². The Bertz CT molecular complexity index is 568. The lowest BCUT2D eigenvalue weighted by atomic mass is 10.1. The fourth-order valence-electron chi connectivity index (χ4n) is 1.37. The Kier molecular flexibility index (Phi) is 2.96. The van der Waals surface area contributed by atoms with E-state index in [-0.39, 0.29) is 4.77 Å². The molecule has 0 atom stereocenters. The molecule has 0 aliphatic rings. The van der Waals surface area contributed by atoms with Crippen molar-refractivity contribution in [3.05, 3.63) is 41.1 Å². The van der Waals surface area contributed by atoms with E-state index in [1.165, 1.54) is 0 Å². The van der Waals surface area contributed by atoms with Crippen molar-refractivity contribution in [3.63, 3.8) is 0 Å².